The molecule has 0 aromatic rings. The highest BCUT2D eigenvalue weighted by Crippen LogP contribution is 2.69. The molecule has 4 rings (SSSR count). The average molecular weight is 441 g/mol. The van der Waals surface area contributed by atoms with Crippen LogP contribution < -0.4 is 0 Å². The Hall–Kier alpha value is -0.590. The van der Waals surface area contributed by atoms with E-state index in [1.165, 1.54) is 70.5 Å². The summed E-state index contributed by atoms with van der Waals surface area (Å²) < 4.78 is 0. The largest absolute Gasteiger partial charge is 0.303 e. The Bertz CT molecular complexity index is 665. The topological polar surface area (TPSA) is 17.1 Å². The van der Waals surface area contributed by atoms with E-state index in [4.69, 9.17) is 0 Å². The summed E-state index contributed by atoms with van der Waals surface area (Å²) >= 11 is 0. The van der Waals surface area contributed by atoms with E-state index in [0.29, 0.717) is 16.7 Å². The fourth-order valence-corrected chi connectivity index (χ4v) is 10.3. The Labute approximate surface area is 199 Å². The highest BCUT2D eigenvalue weighted by Gasteiger charge is 2.61. The van der Waals surface area contributed by atoms with Crippen LogP contribution in [0, 0.1) is 64.1 Å². The van der Waals surface area contributed by atoms with Gasteiger partial charge in [0.05, 0.1) is 0 Å². The second kappa shape index (κ2) is 9.58. The van der Waals surface area contributed by atoms with Crippen molar-refractivity contribution in [2.45, 2.75) is 112 Å². The van der Waals surface area contributed by atoms with Crippen LogP contribution >= 0.6 is 0 Å². The fraction of sp³-hybridized carbons (Fsp3) is 0.903. The van der Waals surface area contributed by atoms with Gasteiger partial charge >= 0.3 is 0 Å². The van der Waals surface area contributed by atoms with E-state index < -0.39 is 0 Å². The minimum absolute atomic E-state index is 0.277. The second-order valence-electron chi connectivity index (χ2n) is 13.6. The number of allylic oxidation sites excluding steroid dienone is 1. The lowest BCUT2D eigenvalue weighted by atomic mass is 9.42. The predicted molar refractivity (Wildman–Crippen MR) is 136 cm³/mol. The molecule has 10 atom stereocenters. The van der Waals surface area contributed by atoms with Crippen molar-refractivity contribution in [3.8, 4) is 0 Å². The van der Waals surface area contributed by atoms with Gasteiger partial charge in [-0.3, -0.25) is 0 Å². The van der Waals surface area contributed by atoms with Crippen molar-refractivity contribution >= 4 is 6.29 Å². The Morgan fingerprint density at radius 3 is 2.25 bits per heavy atom. The lowest BCUT2D eigenvalue weighted by Crippen LogP contribution is -2.56. The van der Waals surface area contributed by atoms with E-state index >= 15 is 0 Å². The van der Waals surface area contributed by atoms with E-state index in [2.05, 4.69) is 47.3 Å². The third-order valence-electron chi connectivity index (χ3n) is 11.8. The molecule has 0 aliphatic heterocycles. The van der Waals surface area contributed by atoms with Crippen molar-refractivity contribution in [3.05, 3.63) is 12.7 Å². The predicted octanol–water partition coefficient (Wildman–Crippen LogP) is 8.73. The minimum atomic E-state index is 0.277. The summed E-state index contributed by atoms with van der Waals surface area (Å²) in [6.07, 6.45) is 19.8. The molecule has 32 heavy (non-hydrogen) atoms. The number of rotatable bonds is 8. The summed E-state index contributed by atoms with van der Waals surface area (Å²) in [7, 11) is 0. The van der Waals surface area contributed by atoms with Gasteiger partial charge in [-0.1, -0.05) is 60.0 Å². The Balaban J connectivity index is 1.50. The van der Waals surface area contributed by atoms with Crippen LogP contribution in [0.5, 0.6) is 0 Å². The van der Waals surface area contributed by atoms with Gasteiger partial charge in [-0.25, -0.2) is 0 Å². The van der Waals surface area contributed by atoms with Gasteiger partial charge < -0.3 is 4.79 Å². The number of hydrogen-bond acceptors (Lipinski definition) is 1. The van der Waals surface area contributed by atoms with Gasteiger partial charge in [-0.05, 0) is 116 Å². The van der Waals surface area contributed by atoms with Crippen molar-refractivity contribution in [1.29, 1.82) is 0 Å². The molecule has 0 aromatic heterocycles. The summed E-state index contributed by atoms with van der Waals surface area (Å²) in [5.41, 5.74) is 1.04. The molecular weight excluding hydrogens is 388 g/mol. The van der Waals surface area contributed by atoms with Crippen LogP contribution in [0.3, 0.4) is 0 Å². The van der Waals surface area contributed by atoms with Crippen LogP contribution in [-0.4, -0.2) is 6.29 Å². The molecule has 0 radical (unpaired) electrons. The van der Waals surface area contributed by atoms with E-state index in [1.54, 1.807) is 0 Å². The monoisotopic (exact) mass is 440 g/mol. The van der Waals surface area contributed by atoms with E-state index in [-0.39, 0.29) is 5.92 Å². The molecule has 1 nitrogen and oxygen atoms in total. The molecule has 4 aliphatic rings. The lowest BCUT2D eigenvalue weighted by molar-refractivity contribution is -0.145. The molecule has 0 bridgehead atoms. The third kappa shape index (κ3) is 4.07. The van der Waals surface area contributed by atoms with Gasteiger partial charge in [-0.15, -0.1) is 6.58 Å². The van der Waals surface area contributed by atoms with Crippen LogP contribution in [0.2, 0.25) is 0 Å². The van der Waals surface area contributed by atoms with Crippen LogP contribution in [0.15, 0.2) is 12.7 Å². The van der Waals surface area contributed by atoms with Crippen molar-refractivity contribution in [1.82, 2.24) is 0 Å². The number of carbonyl (C=O) groups is 1. The molecule has 4 aliphatic carbocycles. The van der Waals surface area contributed by atoms with Crippen molar-refractivity contribution in [2.24, 2.45) is 64.1 Å². The number of fused-ring (bicyclic) bond motifs is 5. The fourth-order valence-electron chi connectivity index (χ4n) is 10.3. The second-order valence-corrected chi connectivity index (χ2v) is 13.6. The molecule has 1 heteroatoms. The SMILES string of the molecule is C=CCC1C(C=O)CC[C@@]2(C)C1CC[C@H]1[C@@H]3CC[C@H]([C@H](C)CCCC(C)C)[C@@]3(C)CC[C@@H]12. The molecule has 4 saturated carbocycles. The zero-order valence-corrected chi connectivity index (χ0v) is 22.0. The van der Waals surface area contributed by atoms with Gasteiger partial charge in [0.25, 0.3) is 0 Å². The Morgan fingerprint density at radius 1 is 0.875 bits per heavy atom. The van der Waals surface area contributed by atoms with Gasteiger partial charge in [-0.2, -0.15) is 0 Å². The third-order valence-corrected chi connectivity index (χ3v) is 11.8. The molecular formula is C31H52O. The first-order valence-corrected chi connectivity index (χ1v) is 14.3. The van der Waals surface area contributed by atoms with Gasteiger partial charge in [0.1, 0.15) is 6.29 Å². The van der Waals surface area contributed by atoms with Crippen LogP contribution in [0.25, 0.3) is 0 Å². The zero-order valence-electron chi connectivity index (χ0n) is 22.0. The molecule has 182 valence electrons. The van der Waals surface area contributed by atoms with Crippen LogP contribution in [-0.2, 0) is 4.79 Å². The smallest absolute Gasteiger partial charge is 0.123 e. The molecule has 3 unspecified atom stereocenters. The van der Waals surface area contributed by atoms with Crippen molar-refractivity contribution in [3.63, 3.8) is 0 Å². The van der Waals surface area contributed by atoms with E-state index in [9.17, 15) is 4.79 Å². The van der Waals surface area contributed by atoms with Crippen molar-refractivity contribution in [2.75, 3.05) is 0 Å². The standard InChI is InChI=1S/C31H52O/c1-7-9-24-23(20-32)16-18-31(6)27(24)13-12-25-28-15-14-26(22(4)11-8-10-21(2)3)30(28,5)19-17-29(25)31/h7,20-29H,1,8-19H2,2-6H3/t22-,23?,24?,25+,26-,27?,28+,29+,30-,31+/m1/s1. The molecule has 4 fully saturated rings. The minimum Gasteiger partial charge on any atom is -0.303 e. The normalized spacial score (nSPS) is 46.8. The first-order chi connectivity index (χ1) is 15.3. The molecule has 0 heterocycles. The first kappa shape index (κ1) is 24.5. The quantitative estimate of drug-likeness (QED) is 0.272. The number of aldehydes is 1. The maximum Gasteiger partial charge on any atom is 0.123 e. The van der Waals surface area contributed by atoms with Crippen LogP contribution in [0.1, 0.15) is 112 Å². The number of carbonyl (C=O) groups excluding carboxylic acids is 1. The summed E-state index contributed by atoms with van der Waals surface area (Å²) in [6.45, 7) is 16.7. The van der Waals surface area contributed by atoms with Gasteiger partial charge in [0.15, 0.2) is 0 Å². The first-order valence-electron chi connectivity index (χ1n) is 14.3. The Kier molecular flexibility index (Phi) is 7.34. The zero-order chi connectivity index (χ0) is 23.1. The molecule has 0 spiro atoms. The van der Waals surface area contributed by atoms with Gasteiger partial charge in [0, 0.05) is 5.92 Å². The summed E-state index contributed by atoms with van der Waals surface area (Å²) in [6, 6.07) is 0. The van der Waals surface area contributed by atoms with Gasteiger partial charge in [0.2, 0.25) is 0 Å². The number of hydrogen-bond donors (Lipinski definition) is 0. The van der Waals surface area contributed by atoms with Crippen LogP contribution in [0.4, 0.5) is 0 Å². The molecule has 0 amide bonds. The van der Waals surface area contributed by atoms with E-state index in [0.717, 1.165) is 54.3 Å². The summed E-state index contributed by atoms with van der Waals surface area (Å²) in [5.74, 6) is 7.06. The summed E-state index contributed by atoms with van der Waals surface area (Å²) in [5, 5.41) is 0. The molecule has 0 saturated heterocycles. The highest BCUT2D eigenvalue weighted by molar-refractivity contribution is 5.54. The Morgan fingerprint density at radius 2 is 1.56 bits per heavy atom. The highest BCUT2D eigenvalue weighted by atomic mass is 16.1. The average Bonchev–Trinajstić information content (AvgIpc) is 3.11. The summed E-state index contributed by atoms with van der Waals surface area (Å²) in [4.78, 5) is 11.9. The molecule has 0 N–H and O–H groups in total. The maximum atomic E-state index is 11.9. The van der Waals surface area contributed by atoms with Crippen molar-refractivity contribution < 1.29 is 4.79 Å². The van der Waals surface area contributed by atoms with E-state index in [1.807, 2.05) is 0 Å². The maximum absolute atomic E-state index is 11.9. The molecule has 0 aromatic carbocycles. The lowest BCUT2D eigenvalue weighted by Gasteiger charge is -2.63.